The van der Waals surface area contributed by atoms with Gasteiger partial charge in [-0.25, -0.2) is 0 Å². The van der Waals surface area contributed by atoms with Crippen LogP contribution in [-0.4, -0.2) is 86.3 Å². The van der Waals surface area contributed by atoms with Crippen LogP contribution in [0.4, 0.5) is 0 Å². The topological polar surface area (TPSA) is 55.4 Å². The van der Waals surface area contributed by atoms with Gasteiger partial charge in [0.1, 0.15) is 34.7 Å². The maximum atomic E-state index is 5.88. The molecule has 2 aliphatic heterocycles. The molecule has 2 saturated heterocycles. The zero-order chi connectivity index (χ0) is 16.1. The van der Waals surface area contributed by atoms with E-state index >= 15 is 0 Å². The highest BCUT2D eigenvalue weighted by Gasteiger charge is 2.39. The third kappa shape index (κ3) is 4.46. The Hall–Kier alpha value is -0.110. The molecule has 0 amide bonds. The number of ether oxygens (including phenoxy) is 6. The Labute approximate surface area is 134 Å². The van der Waals surface area contributed by atoms with E-state index in [2.05, 4.69) is 14.8 Å². The van der Waals surface area contributed by atoms with E-state index in [1.54, 1.807) is 14.2 Å². The van der Waals surface area contributed by atoms with E-state index < -0.39 is 0 Å². The molecule has 0 spiro atoms. The molecule has 6 nitrogen and oxygen atoms in total. The van der Waals surface area contributed by atoms with Gasteiger partial charge >= 0.3 is 0 Å². The lowest BCUT2D eigenvalue weighted by atomic mass is 9.86. The Kier molecular flexibility index (Phi) is 7.18. The normalized spacial score (nSPS) is 42.0. The van der Waals surface area contributed by atoms with Crippen LogP contribution in [0.1, 0.15) is 13.3 Å². The fourth-order valence-corrected chi connectivity index (χ4v) is 3.29. The smallest absolute Gasteiger partial charge is 0.147 e. The van der Waals surface area contributed by atoms with E-state index in [0.717, 1.165) is 6.42 Å². The molecule has 0 aliphatic carbocycles. The van der Waals surface area contributed by atoms with Crippen LogP contribution in [0.3, 0.4) is 0 Å². The summed E-state index contributed by atoms with van der Waals surface area (Å²) in [4.78, 5) is 0. The molecular weight excluding hydrogens is 286 g/mol. The van der Waals surface area contributed by atoms with Crippen LogP contribution in [-0.2, 0) is 28.4 Å². The molecule has 8 heteroatoms. The zero-order valence-corrected chi connectivity index (χ0v) is 14.3. The van der Waals surface area contributed by atoms with Gasteiger partial charge in [-0.1, -0.05) is 6.92 Å². The standard InChI is InChI=1S/C14H28B2O6/c1-8-13(18-3)11(22-14(8)16)6-19-7-20-9-4-12(15)21-10(9)5-17-2/h8-14H,4-7,15-16H2,1-3H3/t8-,9?,10+,11+,12+,13?,14+/m0/s1. The van der Waals surface area contributed by atoms with Gasteiger partial charge < -0.3 is 28.4 Å². The number of rotatable bonds is 8. The van der Waals surface area contributed by atoms with Crippen molar-refractivity contribution >= 4 is 15.7 Å². The van der Waals surface area contributed by atoms with Gasteiger partial charge in [0.05, 0.1) is 25.4 Å². The molecule has 7 atom stereocenters. The summed E-state index contributed by atoms with van der Waals surface area (Å²) in [6.07, 6.45) is 0.915. The molecule has 0 saturated carbocycles. The van der Waals surface area contributed by atoms with Gasteiger partial charge in [-0.3, -0.25) is 0 Å². The van der Waals surface area contributed by atoms with Crippen LogP contribution in [0.15, 0.2) is 0 Å². The summed E-state index contributed by atoms with van der Waals surface area (Å²) in [5.41, 5.74) is 0. The van der Waals surface area contributed by atoms with Crippen molar-refractivity contribution < 1.29 is 28.4 Å². The lowest BCUT2D eigenvalue weighted by Crippen LogP contribution is -2.33. The summed E-state index contributed by atoms with van der Waals surface area (Å²) in [5.74, 6) is 0.370. The van der Waals surface area contributed by atoms with Gasteiger partial charge in [0.2, 0.25) is 0 Å². The summed E-state index contributed by atoms with van der Waals surface area (Å²) in [6, 6.07) is 0.387. The maximum absolute atomic E-state index is 5.88. The average molecular weight is 314 g/mol. The summed E-state index contributed by atoms with van der Waals surface area (Å²) >= 11 is 0. The fourth-order valence-electron chi connectivity index (χ4n) is 3.29. The summed E-state index contributed by atoms with van der Waals surface area (Å²) < 4.78 is 33.8. The Morgan fingerprint density at radius 1 is 1.09 bits per heavy atom. The van der Waals surface area contributed by atoms with E-state index in [1.165, 1.54) is 0 Å². The first-order chi connectivity index (χ1) is 10.6. The molecule has 0 aromatic heterocycles. The Balaban J connectivity index is 1.68. The quantitative estimate of drug-likeness (QED) is 0.317. The van der Waals surface area contributed by atoms with Crippen molar-refractivity contribution in [2.24, 2.45) is 5.92 Å². The van der Waals surface area contributed by atoms with Crippen molar-refractivity contribution in [3.05, 3.63) is 0 Å². The third-order valence-corrected chi connectivity index (χ3v) is 4.65. The molecule has 2 fully saturated rings. The van der Waals surface area contributed by atoms with Crippen LogP contribution < -0.4 is 0 Å². The van der Waals surface area contributed by atoms with E-state index in [1.807, 2.05) is 7.85 Å². The highest BCUT2D eigenvalue weighted by molar-refractivity contribution is 6.11. The first-order valence-electron chi connectivity index (χ1n) is 8.08. The van der Waals surface area contributed by atoms with E-state index in [9.17, 15) is 0 Å². The van der Waals surface area contributed by atoms with Crippen LogP contribution in [0.25, 0.3) is 0 Å². The largest absolute Gasteiger partial charge is 0.382 e. The molecule has 0 aromatic rings. The van der Waals surface area contributed by atoms with Crippen LogP contribution in [0.5, 0.6) is 0 Å². The zero-order valence-electron chi connectivity index (χ0n) is 14.3. The summed E-state index contributed by atoms with van der Waals surface area (Å²) in [5, 5.41) is 0. The fraction of sp³-hybridized carbons (Fsp3) is 1.00. The predicted molar refractivity (Wildman–Crippen MR) is 86.6 cm³/mol. The number of hydrogen-bond donors (Lipinski definition) is 0. The van der Waals surface area contributed by atoms with E-state index in [-0.39, 0.29) is 43.2 Å². The SMILES string of the molecule is B[C@@H]1O[C@H](COCOC2C[C@H](B)O[C@@H]2COC)C(OC)[C@@H]1C. The van der Waals surface area contributed by atoms with Crippen molar-refractivity contribution in [1.29, 1.82) is 0 Å². The molecule has 22 heavy (non-hydrogen) atoms. The highest BCUT2D eigenvalue weighted by Crippen LogP contribution is 2.27. The monoisotopic (exact) mass is 314 g/mol. The minimum Gasteiger partial charge on any atom is -0.382 e. The van der Waals surface area contributed by atoms with Gasteiger partial charge in [-0.15, -0.1) is 0 Å². The second kappa shape index (κ2) is 8.66. The lowest BCUT2D eigenvalue weighted by Gasteiger charge is -2.21. The summed E-state index contributed by atoms with van der Waals surface area (Å²) in [7, 11) is 7.51. The van der Waals surface area contributed by atoms with Gasteiger partial charge in [0.25, 0.3) is 0 Å². The first kappa shape index (κ1) is 18.2. The van der Waals surface area contributed by atoms with Crippen LogP contribution in [0.2, 0.25) is 0 Å². The van der Waals surface area contributed by atoms with E-state index in [0.29, 0.717) is 19.1 Å². The van der Waals surface area contributed by atoms with Gasteiger partial charge in [0.15, 0.2) is 0 Å². The molecule has 0 radical (unpaired) electrons. The molecule has 0 aromatic carbocycles. The predicted octanol–water partition coefficient (Wildman–Crippen LogP) is -1.25. The van der Waals surface area contributed by atoms with Gasteiger partial charge in [-0.05, 0) is 6.42 Å². The number of hydrogen-bond acceptors (Lipinski definition) is 6. The van der Waals surface area contributed by atoms with Crippen molar-refractivity contribution in [3.8, 4) is 0 Å². The number of methoxy groups -OCH3 is 2. The van der Waals surface area contributed by atoms with E-state index in [4.69, 9.17) is 28.4 Å². The van der Waals surface area contributed by atoms with Crippen molar-refractivity contribution in [2.75, 3.05) is 34.2 Å². The molecule has 2 rings (SSSR count). The first-order valence-corrected chi connectivity index (χ1v) is 8.08. The highest BCUT2D eigenvalue weighted by atomic mass is 16.7. The van der Waals surface area contributed by atoms with Gasteiger partial charge in [0, 0.05) is 32.1 Å². The lowest BCUT2D eigenvalue weighted by molar-refractivity contribution is -0.138. The maximum Gasteiger partial charge on any atom is 0.147 e. The molecule has 2 aliphatic rings. The minimum absolute atomic E-state index is 0.0156. The minimum atomic E-state index is -0.0351. The van der Waals surface area contributed by atoms with Crippen molar-refractivity contribution in [1.82, 2.24) is 0 Å². The average Bonchev–Trinajstić information content (AvgIpc) is 2.96. The molecule has 126 valence electrons. The van der Waals surface area contributed by atoms with Crippen molar-refractivity contribution in [2.45, 2.75) is 49.8 Å². The second-order valence-electron chi connectivity index (χ2n) is 6.31. The van der Waals surface area contributed by atoms with Crippen molar-refractivity contribution in [3.63, 3.8) is 0 Å². The Morgan fingerprint density at radius 2 is 1.86 bits per heavy atom. The molecule has 2 heterocycles. The summed E-state index contributed by atoms with van der Waals surface area (Å²) in [6.45, 7) is 3.40. The molecule has 2 unspecified atom stereocenters. The Bertz CT molecular complexity index is 334. The third-order valence-electron chi connectivity index (χ3n) is 4.65. The van der Waals surface area contributed by atoms with Crippen LogP contribution >= 0.6 is 0 Å². The molecule has 0 bridgehead atoms. The van der Waals surface area contributed by atoms with Gasteiger partial charge in [-0.2, -0.15) is 0 Å². The second-order valence-corrected chi connectivity index (χ2v) is 6.31. The molecular formula is C14H28B2O6. The Morgan fingerprint density at radius 3 is 2.55 bits per heavy atom. The molecule has 0 N–H and O–H groups in total. The van der Waals surface area contributed by atoms with Crippen LogP contribution in [0, 0.1) is 5.92 Å².